The van der Waals surface area contributed by atoms with E-state index in [4.69, 9.17) is 31.5 Å². The summed E-state index contributed by atoms with van der Waals surface area (Å²) in [6.07, 6.45) is -5.31. The third-order valence-electron chi connectivity index (χ3n) is 6.85. The second-order valence-electron chi connectivity index (χ2n) is 9.45. The third-order valence-corrected chi connectivity index (χ3v) is 7.09. The van der Waals surface area contributed by atoms with Gasteiger partial charge in [0, 0.05) is 43.4 Å². The molecule has 4 rings (SSSR count). The van der Waals surface area contributed by atoms with Crippen molar-refractivity contribution in [3.05, 3.63) is 34.9 Å². The van der Waals surface area contributed by atoms with Gasteiger partial charge in [-0.2, -0.15) is 23.1 Å². The van der Waals surface area contributed by atoms with Gasteiger partial charge in [0.25, 0.3) is 0 Å². The Kier molecular flexibility index (Phi) is 8.38. The van der Waals surface area contributed by atoms with Gasteiger partial charge in [-0.3, -0.25) is 4.79 Å². The molecular weight excluding hydrogens is 531 g/mol. The average molecular weight is 560 g/mol. The maximum atomic E-state index is 14.2. The van der Waals surface area contributed by atoms with Gasteiger partial charge >= 0.3 is 12.1 Å². The SMILES string of the molecule is COCCOc1cc(Cl)ccc1[C@@H](Oc1cc(N2CCC3(CC2)CN[C@H](C(=O)O)C3)nc(N)n1)C(F)(F)F. The van der Waals surface area contributed by atoms with Crippen molar-refractivity contribution in [3.63, 3.8) is 0 Å². The Hall–Kier alpha value is -3.03. The first-order valence-electron chi connectivity index (χ1n) is 12.0. The summed E-state index contributed by atoms with van der Waals surface area (Å²) in [7, 11) is 1.44. The number of carboxylic acid groups (broad SMARTS) is 1. The summed E-state index contributed by atoms with van der Waals surface area (Å²) >= 11 is 6.00. The largest absolute Gasteiger partial charge is 0.491 e. The van der Waals surface area contributed by atoms with E-state index in [1.165, 1.54) is 31.4 Å². The van der Waals surface area contributed by atoms with Crippen molar-refractivity contribution in [3.8, 4) is 11.6 Å². The molecule has 0 amide bonds. The van der Waals surface area contributed by atoms with Crippen molar-refractivity contribution in [2.45, 2.75) is 37.6 Å². The number of aliphatic carboxylic acids is 1. The molecule has 4 N–H and O–H groups in total. The van der Waals surface area contributed by atoms with Gasteiger partial charge in [0.15, 0.2) is 0 Å². The van der Waals surface area contributed by atoms with E-state index >= 15 is 0 Å². The Balaban J connectivity index is 1.53. The quantitative estimate of drug-likeness (QED) is 0.392. The van der Waals surface area contributed by atoms with Crippen molar-refractivity contribution in [1.82, 2.24) is 15.3 Å². The molecule has 2 saturated heterocycles. The number of alkyl halides is 3. The Morgan fingerprint density at radius 1 is 1.29 bits per heavy atom. The van der Waals surface area contributed by atoms with Crippen molar-refractivity contribution >= 4 is 29.3 Å². The number of anilines is 2. The van der Waals surface area contributed by atoms with E-state index in [9.17, 15) is 23.1 Å². The first-order valence-corrected chi connectivity index (χ1v) is 12.4. The van der Waals surface area contributed by atoms with Crippen LogP contribution in [-0.4, -0.2) is 73.2 Å². The molecule has 0 saturated carbocycles. The molecule has 2 atom stereocenters. The van der Waals surface area contributed by atoms with Gasteiger partial charge in [-0.05, 0) is 42.9 Å². The van der Waals surface area contributed by atoms with Crippen LogP contribution in [0.15, 0.2) is 24.3 Å². The number of nitrogens with one attached hydrogen (secondary N) is 1. The fraction of sp³-hybridized carbons (Fsp3) is 0.542. The van der Waals surface area contributed by atoms with Gasteiger partial charge in [0.05, 0.1) is 6.61 Å². The molecule has 1 aromatic carbocycles. The molecule has 2 aliphatic rings. The van der Waals surface area contributed by atoms with Crippen LogP contribution in [0, 0.1) is 5.41 Å². The number of carbonyl (C=O) groups is 1. The second kappa shape index (κ2) is 11.4. The number of rotatable bonds is 9. The van der Waals surface area contributed by atoms with Crippen molar-refractivity contribution in [1.29, 1.82) is 0 Å². The van der Waals surface area contributed by atoms with E-state index in [-0.39, 0.29) is 46.8 Å². The standard InChI is InChI=1S/C24H29ClF3N5O5/c1-36-8-9-37-17-10-14(25)2-3-15(17)20(24(26,27)28)38-19-11-18(31-22(29)32-19)33-6-4-23(5-7-33)12-16(21(34)35)30-13-23/h2-3,10-11,16,20,30H,4-9,12-13H2,1H3,(H,34,35)(H2,29,31,32)/t16-,20+/m0/s1. The number of hydrogen-bond acceptors (Lipinski definition) is 9. The number of nitrogens with zero attached hydrogens (tertiary/aromatic N) is 3. The van der Waals surface area contributed by atoms with Crippen molar-refractivity contribution in [2.24, 2.45) is 5.41 Å². The molecule has 38 heavy (non-hydrogen) atoms. The molecule has 2 aromatic rings. The van der Waals surface area contributed by atoms with Crippen LogP contribution in [0.3, 0.4) is 0 Å². The third kappa shape index (κ3) is 6.51. The van der Waals surface area contributed by atoms with Crippen LogP contribution in [0.1, 0.15) is 30.9 Å². The summed E-state index contributed by atoms with van der Waals surface area (Å²) in [6.45, 7) is 1.83. The molecule has 1 aromatic heterocycles. The molecule has 1 spiro atoms. The fourth-order valence-corrected chi connectivity index (χ4v) is 5.01. The fourth-order valence-electron chi connectivity index (χ4n) is 4.85. The lowest BCUT2D eigenvalue weighted by Gasteiger charge is -2.39. The first kappa shape index (κ1) is 28.0. The van der Waals surface area contributed by atoms with Crippen molar-refractivity contribution in [2.75, 3.05) is 50.6 Å². The number of aromatic nitrogens is 2. The summed E-state index contributed by atoms with van der Waals surface area (Å²) in [5.41, 5.74) is 5.42. The minimum atomic E-state index is -4.82. The van der Waals surface area contributed by atoms with E-state index in [1.54, 1.807) is 0 Å². The molecule has 10 nitrogen and oxygen atoms in total. The molecule has 2 aliphatic heterocycles. The van der Waals surface area contributed by atoms with Crippen LogP contribution in [0.25, 0.3) is 0 Å². The summed E-state index contributed by atoms with van der Waals surface area (Å²) in [6, 6.07) is 4.54. The number of nitrogen functional groups attached to an aromatic ring is 1. The van der Waals surface area contributed by atoms with Gasteiger partial charge in [0.1, 0.15) is 24.2 Å². The van der Waals surface area contributed by atoms with E-state index in [2.05, 4.69) is 15.3 Å². The topological polar surface area (TPSA) is 132 Å². The van der Waals surface area contributed by atoms with Gasteiger partial charge in [-0.25, -0.2) is 0 Å². The van der Waals surface area contributed by atoms with Crippen LogP contribution in [0.4, 0.5) is 24.9 Å². The maximum Gasteiger partial charge on any atom is 0.429 e. The van der Waals surface area contributed by atoms with Crippen LogP contribution in [0.2, 0.25) is 5.02 Å². The lowest BCUT2D eigenvalue weighted by molar-refractivity contribution is -0.199. The molecule has 14 heteroatoms. The zero-order valence-electron chi connectivity index (χ0n) is 20.6. The smallest absolute Gasteiger partial charge is 0.429 e. The predicted molar refractivity (Wildman–Crippen MR) is 133 cm³/mol. The summed E-state index contributed by atoms with van der Waals surface area (Å²) < 4.78 is 58.4. The molecule has 0 unspecified atom stereocenters. The number of hydrogen-bond donors (Lipinski definition) is 3. The zero-order chi connectivity index (χ0) is 27.5. The average Bonchev–Trinajstić information content (AvgIpc) is 3.26. The summed E-state index contributed by atoms with van der Waals surface area (Å²) in [4.78, 5) is 21.3. The van der Waals surface area contributed by atoms with Crippen LogP contribution in [-0.2, 0) is 9.53 Å². The van der Waals surface area contributed by atoms with Gasteiger partial charge in [-0.15, -0.1) is 0 Å². The van der Waals surface area contributed by atoms with Crippen LogP contribution >= 0.6 is 11.6 Å². The normalized spacial score (nSPS) is 19.9. The molecule has 0 aliphatic carbocycles. The van der Waals surface area contributed by atoms with E-state index in [0.717, 1.165) is 0 Å². The second-order valence-corrected chi connectivity index (χ2v) is 9.88. The predicted octanol–water partition coefficient (Wildman–Crippen LogP) is 3.45. The Morgan fingerprint density at radius 2 is 2.03 bits per heavy atom. The molecule has 3 heterocycles. The van der Waals surface area contributed by atoms with Crippen LogP contribution in [0.5, 0.6) is 11.6 Å². The number of ether oxygens (including phenoxy) is 3. The lowest BCUT2D eigenvalue weighted by Crippen LogP contribution is -2.41. The Bertz CT molecular complexity index is 1150. The molecule has 208 valence electrons. The van der Waals surface area contributed by atoms with Crippen molar-refractivity contribution < 1.29 is 37.3 Å². The maximum absolute atomic E-state index is 14.2. The highest BCUT2D eigenvalue weighted by atomic mass is 35.5. The van der Waals surface area contributed by atoms with Crippen LogP contribution < -0.4 is 25.4 Å². The molecule has 2 fully saturated rings. The Morgan fingerprint density at radius 3 is 2.66 bits per heavy atom. The Labute approximate surface area is 222 Å². The minimum absolute atomic E-state index is 0.0121. The van der Waals surface area contributed by atoms with Gasteiger partial charge < -0.3 is 35.3 Å². The number of halogens is 4. The van der Waals surface area contributed by atoms with E-state index in [0.29, 0.717) is 44.7 Å². The highest BCUT2D eigenvalue weighted by Gasteiger charge is 2.46. The number of carboxylic acids is 1. The number of nitrogens with two attached hydrogens (primary N) is 1. The number of methoxy groups -OCH3 is 1. The monoisotopic (exact) mass is 559 g/mol. The molecular formula is C24H29ClF3N5O5. The van der Waals surface area contributed by atoms with Gasteiger partial charge in [-0.1, -0.05) is 11.6 Å². The van der Waals surface area contributed by atoms with E-state index in [1.807, 2.05) is 4.90 Å². The van der Waals surface area contributed by atoms with E-state index < -0.39 is 24.3 Å². The highest BCUT2D eigenvalue weighted by molar-refractivity contribution is 6.30. The summed E-state index contributed by atoms with van der Waals surface area (Å²) in [5.74, 6) is -1.22. The molecule has 0 radical (unpaired) electrons. The number of benzene rings is 1. The number of piperidine rings is 1. The minimum Gasteiger partial charge on any atom is -0.491 e. The zero-order valence-corrected chi connectivity index (χ0v) is 21.4. The first-order chi connectivity index (χ1) is 18.0. The molecule has 0 bridgehead atoms. The highest BCUT2D eigenvalue weighted by Crippen LogP contribution is 2.43. The summed E-state index contributed by atoms with van der Waals surface area (Å²) in [5, 5.41) is 12.5. The lowest BCUT2D eigenvalue weighted by atomic mass is 9.76. The van der Waals surface area contributed by atoms with Gasteiger partial charge in [0.2, 0.25) is 17.9 Å².